The maximum atomic E-state index is 12.6. The minimum absolute atomic E-state index is 0.164. The number of Topliss-reactive ketones (excluding diaryl/α,β-unsaturated/α-hetero) is 1. The summed E-state index contributed by atoms with van der Waals surface area (Å²) in [5.74, 6) is -0.0510. The summed E-state index contributed by atoms with van der Waals surface area (Å²) in [4.78, 5) is 24.8. The monoisotopic (exact) mass is 350 g/mol. The predicted molar refractivity (Wildman–Crippen MR) is 97.3 cm³/mol. The highest BCUT2D eigenvalue weighted by Gasteiger charge is 2.41. The van der Waals surface area contributed by atoms with Crippen molar-refractivity contribution in [3.8, 4) is 0 Å². The zero-order chi connectivity index (χ0) is 16.9. The average Bonchev–Trinajstić information content (AvgIpc) is 2.58. The van der Waals surface area contributed by atoms with E-state index in [-0.39, 0.29) is 18.4 Å². The molecule has 0 saturated heterocycles. The molecule has 0 spiro atoms. The Labute approximate surface area is 146 Å². The van der Waals surface area contributed by atoms with Crippen molar-refractivity contribution in [2.24, 2.45) is 5.41 Å². The normalized spacial score (nSPS) is 21.2. The van der Waals surface area contributed by atoms with Crippen molar-refractivity contribution in [1.82, 2.24) is 0 Å². The van der Waals surface area contributed by atoms with Crippen LogP contribution in [0.15, 0.2) is 40.1 Å². The molecule has 0 radical (unpaired) electrons. The number of carbonyl (C=O) groups is 2. The average molecular weight is 351 g/mol. The summed E-state index contributed by atoms with van der Waals surface area (Å²) in [7, 11) is 0. The van der Waals surface area contributed by atoms with Crippen molar-refractivity contribution in [3.05, 3.63) is 45.7 Å². The van der Waals surface area contributed by atoms with E-state index in [0.29, 0.717) is 19.3 Å². The fourth-order valence-corrected chi connectivity index (χ4v) is 4.24. The molecule has 1 unspecified atom stereocenters. The molecule has 0 aromatic heterocycles. The van der Waals surface area contributed by atoms with Gasteiger partial charge in [-0.1, -0.05) is 30.3 Å². The van der Waals surface area contributed by atoms with Gasteiger partial charge in [0.05, 0.1) is 5.41 Å². The molecule has 1 atom stereocenters. The van der Waals surface area contributed by atoms with Crippen LogP contribution in [-0.4, -0.2) is 24.3 Å². The number of thioether (sulfide) groups is 2. The van der Waals surface area contributed by atoms with Gasteiger partial charge < -0.3 is 4.74 Å². The van der Waals surface area contributed by atoms with Gasteiger partial charge in [0.2, 0.25) is 0 Å². The van der Waals surface area contributed by atoms with E-state index in [1.54, 1.807) is 23.5 Å². The van der Waals surface area contributed by atoms with Gasteiger partial charge >= 0.3 is 5.97 Å². The zero-order valence-electron chi connectivity index (χ0n) is 13.8. The highest BCUT2D eigenvalue weighted by molar-refractivity contribution is 8.21. The van der Waals surface area contributed by atoms with Gasteiger partial charge in [-0.15, -0.1) is 23.5 Å². The molecule has 23 heavy (non-hydrogen) atoms. The van der Waals surface area contributed by atoms with Gasteiger partial charge in [0.1, 0.15) is 6.61 Å². The van der Waals surface area contributed by atoms with E-state index in [9.17, 15) is 9.59 Å². The highest BCUT2D eigenvalue weighted by atomic mass is 32.2. The van der Waals surface area contributed by atoms with E-state index in [4.69, 9.17) is 4.74 Å². The number of ether oxygens (including phenoxy) is 1. The van der Waals surface area contributed by atoms with Crippen LogP contribution < -0.4 is 0 Å². The van der Waals surface area contributed by atoms with E-state index in [2.05, 4.69) is 0 Å². The molecule has 1 saturated carbocycles. The molecular formula is C18H22O3S2. The summed E-state index contributed by atoms with van der Waals surface area (Å²) >= 11 is 3.15. The van der Waals surface area contributed by atoms with Crippen molar-refractivity contribution in [2.45, 2.75) is 32.8 Å². The van der Waals surface area contributed by atoms with Crippen molar-refractivity contribution >= 4 is 35.3 Å². The summed E-state index contributed by atoms with van der Waals surface area (Å²) in [6, 6.07) is 9.65. The fourth-order valence-electron chi connectivity index (χ4n) is 2.70. The summed E-state index contributed by atoms with van der Waals surface area (Å²) in [5, 5.41) is 0. The van der Waals surface area contributed by atoms with E-state index in [1.807, 2.05) is 49.8 Å². The van der Waals surface area contributed by atoms with E-state index >= 15 is 0 Å². The van der Waals surface area contributed by atoms with Crippen molar-refractivity contribution in [2.75, 3.05) is 12.5 Å². The van der Waals surface area contributed by atoms with E-state index < -0.39 is 5.41 Å². The second-order valence-corrected chi connectivity index (χ2v) is 7.79. The third-order valence-electron chi connectivity index (χ3n) is 4.13. The first-order valence-electron chi connectivity index (χ1n) is 7.55. The van der Waals surface area contributed by atoms with Crippen LogP contribution in [0.25, 0.3) is 0 Å². The Kier molecular flexibility index (Phi) is 6.36. The maximum absolute atomic E-state index is 12.6. The Hall–Kier alpha value is -1.20. The number of hydrogen-bond acceptors (Lipinski definition) is 5. The molecule has 1 aliphatic carbocycles. The van der Waals surface area contributed by atoms with Crippen molar-refractivity contribution < 1.29 is 14.3 Å². The molecule has 2 rings (SSSR count). The van der Waals surface area contributed by atoms with Crippen LogP contribution >= 0.6 is 23.5 Å². The zero-order valence-corrected chi connectivity index (χ0v) is 15.4. The summed E-state index contributed by atoms with van der Waals surface area (Å²) in [6.07, 6.45) is 5.37. The first kappa shape index (κ1) is 18.1. The van der Waals surface area contributed by atoms with Crippen LogP contribution in [-0.2, 0) is 20.9 Å². The van der Waals surface area contributed by atoms with Gasteiger partial charge in [-0.25, -0.2) is 0 Å². The first-order chi connectivity index (χ1) is 11.0. The summed E-state index contributed by atoms with van der Waals surface area (Å²) in [5.41, 5.74) is 1.14. The lowest BCUT2D eigenvalue weighted by Crippen LogP contribution is -2.35. The summed E-state index contributed by atoms with van der Waals surface area (Å²) < 4.78 is 6.53. The standard InChI is InChI=1S/C18H22O3S2/c1-18(17(20)21-12-13-7-5-4-6-8-13)10-9-15(19)14(11-18)16(22-2)23-3/h4-8H,9-12H2,1-3H3. The van der Waals surface area contributed by atoms with Gasteiger partial charge in [0.25, 0.3) is 0 Å². The number of allylic oxidation sites excluding steroid dienone is 1. The van der Waals surface area contributed by atoms with E-state index in [1.165, 1.54) is 0 Å². The molecule has 0 heterocycles. The molecule has 5 heteroatoms. The topological polar surface area (TPSA) is 43.4 Å². The van der Waals surface area contributed by atoms with E-state index in [0.717, 1.165) is 15.4 Å². The Morgan fingerprint density at radius 1 is 1.22 bits per heavy atom. The largest absolute Gasteiger partial charge is 0.460 e. The third-order valence-corrected chi connectivity index (χ3v) is 6.36. The number of benzene rings is 1. The van der Waals surface area contributed by atoms with Crippen LogP contribution in [0, 0.1) is 5.41 Å². The van der Waals surface area contributed by atoms with Crippen molar-refractivity contribution in [3.63, 3.8) is 0 Å². The smallest absolute Gasteiger partial charge is 0.312 e. The molecule has 1 aromatic rings. The fraction of sp³-hybridized carbons (Fsp3) is 0.444. The lowest BCUT2D eigenvalue weighted by Gasteiger charge is -2.32. The summed E-state index contributed by atoms with van der Waals surface area (Å²) in [6.45, 7) is 2.19. The highest BCUT2D eigenvalue weighted by Crippen LogP contribution is 2.43. The Bertz CT molecular complexity index is 604. The molecule has 3 nitrogen and oxygen atoms in total. The Morgan fingerprint density at radius 3 is 2.48 bits per heavy atom. The number of hydrogen-bond donors (Lipinski definition) is 0. The quantitative estimate of drug-likeness (QED) is 0.581. The van der Waals surface area contributed by atoms with Crippen molar-refractivity contribution in [1.29, 1.82) is 0 Å². The molecule has 1 fully saturated rings. The second kappa shape index (κ2) is 8.06. The Morgan fingerprint density at radius 2 is 1.87 bits per heavy atom. The molecule has 0 N–H and O–H groups in total. The number of rotatable bonds is 5. The van der Waals surface area contributed by atoms with Crippen LogP contribution in [0.3, 0.4) is 0 Å². The molecular weight excluding hydrogens is 328 g/mol. The van der Waals surface area contributed by atoms with Crippen LogP contribution in [0.5, 0.6) is 0 Å². The number of esters is 1. The van der Waals surface area contributed by atoms with Gasteiger partial charge in [-0.2, -0.15) is 0 Å². The van der Waals surface area contributed by atoms with Crippen LogP contribution in [0.2, 0.25) is 0 Å². The second-order valence-electron chi connectivity index (χ2n) is 5.90. The first-order valence-corrected chi connectivity index (χ1v) is 10.0. The van der Waals surface area contributed by atoms with Gasteiger partial charge in [-0.3, -0.25) is 9.59 Å². The minimum Gasteiger partial charge on any atom is -0.460 e. The molecule has 124 valence electrons. The third kappa shape index (κ3) is 4.42. The maximum Gasteiger partial charge on any atom is 0.312 e. The molecule has 0 bridgehead atoms. The minimum atomic E-state index is -0.616. The molecule has 1 aromatic carbocycles. The number of carbonyl (C=O) groups excluding carboxylic acids is 2. The predicted octanol–water partition coefficient (Wildman–Crippen LogP) is 4.43. The van der Waals surface area contributed by atoms with Gasteiger partial charge in [-0.05, 0) is 37.8 Å². The number of ketones is 1. The lowest BCUT2D eigenvalue weighted by molar-refractivity contribution is -0.157. The Balaban J connectivity index is 2.09. The van der Waals surface area contributed by atoms with Gasteiger partial charge in [0, 0.05) is 16.2 Å². The molecule has 0 amide bonds. The molecule has 0 aliphatic heterocycles. The SMILES string of the molecule is CSC(SC)=C1CC(C)(C(=O)OCc2ccccc2)CCC1=O. The van der Waals surface area contributed by atoms with Gasteiger partial charge in [0.15, 0.2) is 5.78 Å². The lowest BCUT2D eigenvalue weighted by atomic mass is 9.73. The van der Waals surface area contributed by atoms with Crippen LogP contribution in [0.4, 0.5) is 0 Å². The molecule has 1 aliphatic rings. The van der Waals surface area contributed by atoms with Crippen LogP contribution in [0.1, 0.15) is 31.7 Å².